The molecule has 0 aliphatic carbocycles. The number of thiophene rings is 1. The van der Waals surface area contributed by atoms with Crippen LogP contribution in [0.1, 0.15) is 28.1 Å². The second kappa shape index (κ2) is 7.28. The largest absolute Gasteiger partial charge is 0.371 e. The minimum atomic E-state index is -0.158. The molecule has 25 heavy (non-hydrogen) atoms. The normalized spacial score (nSPS) is 20.7. The zero-order valence-electron chi connectivity index (χ0n) is 14.4. The molecule has 1 aromatic heterocycles. The van der Waals surface area contributed by atoms with Crippen LogP contribution in [0.2, 0.25) is 0 Å². The lowest BCUT2D eigenvalue weighted by Gasteiger charge is -2.47. The van der Waals surface area contributed by atoms with Crippen molar-refractivity contribution >= 4 is 17.2 Å². The number of rotatable bonds is 3. The van der Waals surface area contributed by atoms with Crippen LogP contribution in [-0.4, -0.2) is 54.1 Å². The van der Waals surface area contributed by atoms with E-state index in [0.29, 0.717) is 19.7 Å². The minimum Gasteiger partial charge on any atom is -0.371 e. The number of nitrogens with zero attached hydrogens (tertiary/aromatic N) is 2. The molecular weight excluding hydrogens is 332 g/mol. The predicted molar refractivity (Wildman–Crippen MR) is 99.9 cm³/mol. The fraction of sp³-hybridized carbons (Fsp3) is 0.450. The van der Waals surface area contributed by atoms with E-state index in [1.54, 1.807) is 0 Å². The topological polar surface area (TPSA) is 32.8 Å². The van der Waals surface area contributed by atoms with Gasteiger partial charge < -0.3 is 9.64 Å². The summed E-state index contributed by atoms with van der Waals surface area (Å²) >= 11 is 1.82. The lowest BCUT2D eigenvalue weighted by Crippen LogP contribution is -2.57. The summed E-state index contributed by atoms with van der Waals surface area (Å²) in [6.07, 6.45) is 1.99. The van der Waals surface area contributed by atoms with Crippen molar-refractivity contribution < 1.29 is 9.53 Å². The Morgan fingerprint density at radius 1 is 1.08 bits per heavy atom. The summed E-state index contributed by atoms with van der Waals surface area (Å²) < 4.78 is 6.19. The number of carbonyl (C=O) groups is 1. The second-order valence-electron chi connectivity index (χ2n) is 6.98. The first-order valence-electron chi connectivity index (χ1n) is 8.97. The number of hydrogen-bond donors (Lipinski definition) is 0. The molecule has 1 amide bonds. The van der Waals surface area contributed by atoms with E-state index in [-0.39, 0.29) is 11.5 Å². The summed E-state index contributed by atoms with van der Waals surface area (Å²) in [7, 11) is 0. The summed E-state index contributed by atoms with van der Waals surface area (Å²) in [5.41, 5.74) is 0.615. The van der Waals surface area contributed by atoms with Crippen LogP contribution in [0.5, 0.6) is 0 Å². The average Bonchev–Trinajstić information content (AvgIpc) is 3.17. The molecule has 0 N–H and O–H groups in total. The molecule has 4 rings (SSSR count). The van der Waals surface area contributed by atoms with E-state index < -0.39 is 0 Å². The van der Waals surface area contributed by atoms with Crippen LogP contribution in [0.25, 0.3) is 0 Å². The molecule has 4 nitrogen and oxygen atoms in total. The van der Waals surface area contributed by atoms with Crippen molar-refractivity contribution in [1.29, 1.82) is 0 Å². The van der Waals surface area contributed by atoms with Crippen molar-refractivity contribution in [1.82, 2.24) is 9.80 Å². The molecule has 1 spiro atoms. The summed E-state index contributed by atoms with van der Waals surface area (Å²) in [6, 6.07) is 13.9. The van der Waals surface area contributed by atoms with Gasteiger partial charge in [-0.2, -0.15) is 0 Å². The summed E-state index contributed by atoms with van der Waals surface area (Å²) in [5.74, 6) is 0.129. The molecule has 0 bridgehead atoms. The van der Waals surface area contributed by atoms with Crippen LogP contribution in [-0.2, 0) is 11.3 Å². The Morgan fingerprint density at radius 3 is 2.60 bits per heavy atom. The molecule has 2 aromatic rings. The van der Waals surface area contributed by atoms with E-state index in [4.69, 9.17) is 4.74 Å². The predicted octanol–water partition coefficient (Wildman–Crippen LogP) is 3.26. The Bertz CT molecular complexity index is 694. The molecule has 132 valence electrons. The van der Waals surface area contributed by atoms with Crippen molar-refractivity contribution in [3.8, 4) is 0 Å². The SMILES string of the molecule is O=C(c1ccccc1)N1CCOC2(CCN(Cc3cccs3)CC2)C1. The number of hydrogen-bond acceptors (Lipinski definition) is 4. The van der Waals surface area contributed by atoms with Crippen LogP contribution in [0.15, 0.2) is 47.8 Å². The number of amides is 1. The number of piperidine rings is 1. The number of ether oxygens (including phenoxy) is 1. The molecule has 0 saturated carbocycles. The van der Waals surface area contributed by atoms with Crippen molar-refractivity contribution in [2.45, 2.75) is 25.0 Å². The fourth-order valence-corrected chi connectivity index (χ4v) is 4.57. The fourth-order valence-electron chi connectivity index (χ4n) is 3.83. The zero-order chi connectivity index (χ0) is 17.1. The van der Waals surface area contributed by atoms with Gasteiger partial charge in [-0.15, -0.1) is 11.3 Å². The van der Waals surface area contributed by atoms with Gasteiger partial charge in [0.15, 0.2) is 0 Å². The highest BCUT2D eigenvalue weighted by Gasteiger charge is 2.41. The van der Waals surface area contributed by atoms with Crippen LogP contribution in [0.3, 0.4) is 0 Å². The smallest absolute Gasteiger partial charge is 0.254 e. The van der Waals surface area contributed by atoms with E-state index in [1.807, 2.05) is 46.6 Å². The van der Waals surface area contributed by atoms with E-state index in [9.17, 15) is 4.79 Å². The van der Waals surface area contributed by atoms with E-state index in [0.717, 1.165) is 38.0 Å². The number of carbonyl (C=O) groups excluding carboxylic acids is 1. The van der Waals surface area contributed by atoms with E-state index in [1.165, 1.54) is 4.88 Å². The summed E-state index contributed by atoms with van der Waals surface area (Å²) in [4.78, 5) is 18.7. The second-order valence-corrected chi connectivity index (χ2v) is 8.01. The lowest BCUT2D eigenvalue weighted by atomic mass is 9.89. The Kier molecular flexibility index (Phi) is 4.88. The third-order valence-electron chi connectivity index (χ3n) is 5.28. The maximum Gasteiger partial charge on any atom is 0.254 e. The summed E-state index contributed by atoms with van der Waals surface area (Å²) in [5, 5.41) is 2.14. The van der Waals surface area contributed by atoms with Gasteiger partial charge >= 0.3 is 0 Å². The van der Waals surface area contributed by atoms with Crippen LogP contribution >= 0.6 is 11.3 Å². The first kappa shape index (κ1) is 16.8. The highest BCUT2D eigenvalue weighted by atomic mass is 32.1. The Labute approximate surface area is 153 Å². The van der Waals surface area contributed by atoms with Crippen molar-refractivity contribution in [2.75, 3.05) is 32.8 Å². The van der Waals surface area contributed by atoms with Gasteiger partial charge in [0.2, 0.25) is 0 Å². The van der Waals surface area contributed by atoms with Gasteiger partial charge in [-0.05, 0) is 36.4 Å². The number of benzene rings is 1. The maximum atomic E-state index is 12.8. The molecule has 2 aliphatic rings. The Balaban J connectivity index is 1.37. The number of morpholine rings is 1. The third kappa shape index (κ3) is 3.78. The molecule has 1 aromatic carbocycles. The molecule has 5 heteroatoms. The Hall–Kier alpha value is -1.69. The molecule has 2 fully saturated rings. The van der Waals surface area contributed by atoms with Gasteiger partial charge in [-0.3, -0.25) is 9.69 Å². The summed E-state index contributed by atoms with van der Waals surface area (Å²) in [6.45, 7) is 5.14. The third-order valence-corrected chi connectivity index (χ3v) is 6.14. The average molecular weight is 356 g/mol. The minimum absolute atomic E-state index is 0.129. The monoisotopic (exact) mass is 356 g/mol. The van der Waals surface area contributed by atoms with Gasteiger partial charge in [0.1, 0.15) is 0 Å². The van der Waals surface area contributed by atoms with E-state index in [2.05, 4.69) is 22.4 Å². The molecule has 3 heterocycles. The molecular formula is C20H24N2O2S. The van der Waals surface area contributed by atoms with E-state index >= 15 is 0 Å². The lowest BCUT2D eigenvalue weighted by molar-refractivity contribution is -0.127. The van der Waals surface area contributed by atoms with Gasteiger partial charge in [0.05, 0.1) is 18.8 Å². The molecule has 0 radical (unpaired) electrons. The highest BCUT2D eigenvalue weighted by Crippen LogP contribution is 2.31. The van der Waals surface area contributed by atoms with Crippen LogP contribution in [0.4, 0.5) is 0 Å². The zero-order valence-corrected chi connectivity index (χ0v) is 15.2. The first-order valence-corrected chi connectivity index (χ1v) is 9.85. The molecule has 2 saturated heterocycles. The van der Waals surface area contributed by atoms with Gasteiger partial charge in [-0.1, -0.05) is 24.3 Å². The maximum absolute atomic E-state index is 12.8. The van der Waals surface area contributed by atoms with Crippen molar-refractivity contribution in [3.63, 3.8) is 0 Å². The van der Waals surface area contributed by atoms with Gasteiger partial charge in [-0.25, -0.2) is 0 Å². The number of likely N-dealkylation sites (tertiary alicyclic amines) is 1. The Morgan fingerprint density at radius 2 is 1.88 bits per heavy atom. The van der Waals surface area contributed by atoms with Crippen LogP contribution < -0.4 is 0 Å². The molecule has 0 atom stereocenters. The van der Waals surface area contributed by atoms with Gasteiger partial charge in [0.25, 0.3) is 5.91 Å². The molecule has 2 aliphatic heterocycles. The highest BCUT2D eigenvalue weighted by molar-refractivity contribution is 7.09. The van der Waals surface area contributed by atoms with Crippen molar-refractivity contribution in [3.05, 3.63) is 58.3 Å². The standard InChI is InChI=1S/C20H24N2O2S/c23-19(17-5-2-1-3-6-17)22-12-13-24-20(16-22)8-10-21(11-9-20)15-18-7-4-14-25-18/h1-7,14H,8-13,15-16H2. The van der Waals surface area contributed by atoms with Gasteiger partial charge in [0, 0.05) is 36.6 Å². The van der Waals surface area contributed by atoms with Crippen LogP contribution in [0, 0.1) is 0 Å². The quantitative estimate of drug-likeness (QED) is 0.846. The van der Waals surface area contributed by atoms with Crippen molar-refractivity contribution in [2.24, 2.45) is 0 Å². The molecule has 0 unspecified atom stereocenters. The first-order chi connectivity index (χ1) is 12.2.